The molecular formula is C14H15N5. The highest BCUT2D eigenvalue weighted by Gasteiger charge is 2.13. The Hall–Kier alpha value is -2.27. The number of rotatable bonds is 3. The van der Waals surface area contributed by atoms with Crippen LogP contribution in [-0.4, -0.2) is 19.7 Å². The Morgan fingerprint density at radius 2 is 1.95 bits per heavy atom. The zero-order chi connectivity index (χ0) is 13.2. The Morgan fingerprint density at radius 1 is 1.21 bits per heavy atom. The van der Waals surface area contributed by atoms with E-state index in [1.165, 1.54) is 6.33 Å². The number of nitrogens with zero attached hydrogens (tertiary/aromatic N) is 4. The third-order valence-corrected chi connectivity index (χ3v) is 3.26. The van der Waals surface area contributed by atoms with Gasteiger partial charge in [0.15, 0.2) is 0 Å². The smallest absolute Gasteiger partial charge is 0.115 e. The van der Waals surface area contributed by atoms with Crippen molar-refractivity contribution in [2.45, 2.75) is 12.5 Å². The van der Waals surface area contributed by atoms with Gasteiger partial charge in [-0.15, -0.1) is 0 Å². The van der Waals surface area contributed by atoms with Gasteiger partial charge in [0.05, 0.1) is 11.2 Å². The minimum Gasteiger partial charge on any atom is -0.324 e. The molecule has 3 aromatic rings. The molecule has 1 aromatic carbocycles. The summed E-state index contributed by atoms with van der Waals surface area (Å²) < 4.78 is 1.89. The normalized spacial score (nSPS) is 12.7. The van der Waals surface area contributed by atoms with Crippen LogP contribution >= 0.6 is 0 Å². The quantitative estimate of drug-likeness (QED) is 0.769. The first-order valence-electron chi connectivity index (χ1n) is 6.17. The molecule has 2 heterocycles. The zero-order valence-corrected chi connectivity index (χ0v) is 10.7. The molecule has 1 atom stereocenters. The number of aromatic nitrogens is 4. The van der Waals surface area contributed by atoms with E-state index in [4.69, 9.17) is 5.73 Å². The molecule has 0 amide bonds. The second kappa shape index (κ2) is 4.78. The maximum atomic E-state index is 6.20. The minimum absolute atomic E-state index is 0.139. The number of aryl methyl sites for hydroxylation is 1. The van der Waals surface area contributed by atoms with Crippen molar-refractivity contribution < 1.29 is 0 Å². The van der Waals surface area contributed by atoms with Crippen LogP contribution in [0.3, 0.4) is 0 Å². The summed E-state index contributed by atoms with van der Waals surface area (Å²) in [4.78, 5) is 8.00. The average molecular weight is 253 g/mol. The molecule has 0 fully saturated rings. The van der Waals surface area contributed by atoms with Crippen LogP contribution in [-0.2, 0) is 13.5 Å². The molecule has 1 unspecified atom stereocenters. The SMILES string of the molecule is Cn1nc(CC(N)c2cncnc2)c2ccccc21. The second-order valence-electron chi connectivity index (χ2n) is 4.57. The van der Waals surface area contributed by atoms with Crippen molar-refractivity contribution in [3.8, 4) is 0 Å². The summed E-state index contributed by atoms with van der Waals surface area (Å²) in [6, 6.07) is 8.03. The van der Waals surface area contributed by atoms with Crippen molar-refractivity contribution in [3.63, 3.8) is 0 Å². The van der Waals surface area contributed by atoms with Crippen LogP contribution < -0.4 is 5.73 Å². The third-order valence-electron chi connectivity index (χ3n) is 3.26. The Kier molecular flexibility index (Phi) is 2.97. The van der Waals surface area contributed by atoms with E-state index in [9.17, 15) is 0 Å². The predicted molar refractivity (Wildman–Crippen MR) is 73.4 cm³/mol. The van der Waals surface area contributed by atoms with Crippen LogP contribution in [0.2, 0.25) is 0 Å². The molecule has 3 rings (SSSR count). The van der Waals surface area contributed by atoms with E-state index in [0.717, 1.165) is 22.2 Å². The number of hydrogen-bond donors (Lipinski definition) is 1. The molecule has 5 nitrogen and oxygen atoms in total. The molecule has 0 aliphatic carbocycles. The molecule has 0 aliphatic heterocycles. The van der Waals surface area contributed by atoms with Crippen LogP contribution in [0, 0.1) is 0 Å². The van der Waals surface area contributed by atoms with Gasteiger partial charge in [0.25, 0.3) is 0 Å². The Labute approximate surface area is 111 Å². The predicted octanol–water partition coefficient (Wildman–Crippen LogP) is 1.61. The molecule has 96 valence electrons. The van der Waals surface area contributed by atoms with E-state index in [0.29, 0.717) is 6.42 Å². The number of para-hydroxylation sites is 1. The fourth-order valence-electron chi connectivity index (χ4n) is 2.27. The lowest BCUT2D eigenvalue weighted by molar-refractivity contribution is 0.677. The van der Waals surface area contributed by atoms with Gasteiger partial charge in [0.2, 0.25) is 0 Å². The van der Waals surface area contributed by atoms with Gasteiger partial charge in [0.1, 0.15) is 6.33 Å². The van der Waals surface area contributed by atoms with Crippen LogP contribution in [0.4, 0.5) is 0 Å². The lowest BCUT2D eigenvalue weighted by atomic mass is 10.0. The minimum atomic E-state index is -0.139. The standard InChI is InChI=1S/C14H15N5/c1-19-14-5-3-2-4-11(14)13(18-19)6-12(15)10-7-16-9-17-8-10/h2-5,7-9,12H,6,15H2,1H3. The van der Waals surface area contributed by atoms with Gasteiger partial charge < -0.3 is 5.73 Å². The van der Waals surface area contributed by atoms with Crippen molar-refractivity contribution >= 4 is 10.9 Å². The summed E-state index contributed by atoms with van der Waals surface area (Å²) in [5.41, 5.74) is 9.25. The second-order valence-corrected chi connectivity index (χ2v) is 4.57. The lowest BCUT2D eigenvalue weighted by Gasteiger charge is -2.09. The van der Waals surface area contributed by atoms with E-state index < -0.39 is 0 Å². The monoisotopic (exact) mass is 253 g/mol. The van der Waals surface area contributed by atoms with Gasteiger partial charge in [-0.25, -0.2) is 9.97 Å². The molecule has 0 bridgehead atoms. The van der Waals surface area contributed by atoms with Gasteiger partial charge in [-0.05, 0) is 6.07 Å². The summed E-state index contributed by atoms with van der Waals surface area (Å²) in [5.74, 6) is 0. The first-order valence-corrected chi connectivity index (χ1v) is 6.17. The molecule has 0 spiro atoms. The van der Waals surface area contributed by atoms with E-state index in [1.807, 2.05) is 23.9 Å². The van der Waals surface area contributed by atoms with Crippen molar-refractivity contribution in [2.75, 3.05) is 0 Å². The molecule has 19 heavy (non-hydrogen) atoms. The van der Waals surface area contributed by atoms with Gasteiger partial charge in [-0.2, -0.15) is 5.10 Å². The topological polar surface area (TPSA) is 69.6 Å². The molecule has 0 saturated carbocycles. The number of hydrogen-bond acceptors (Lipinski definition) is 4. The highest BCUT2D eigenvalue weighted by Crippen LogP contribution is 2.21. The molecular weight excluding hydrogens is 238 g/mol. The van der Waals surface area contributed by atoms with E-state index in [1.54, 1.807) is 12.4 Å². The van der Waals surface area contributed by atoms with Crippen LogP contribution in [0.25, 0.3) is 10.9 Å². The summed E-state index contributed by atoms with van der Waals surface area (Å²) in [6.45, 7) is 0. The first kappa shape index (κ1) is 11.8. The lowest BCUT2D eigenvalue weighted by Crippen LogP contribution is -2.14. The number of nitrogens with two attached hydrogens (primary N) is 1. The fourth-order valence-corrected chi connectivity index (χ4v) is 2.27. The van der Waals surface area contributed by atoms with Crippen LogP contribution in [0.15, 0.2) is 43.0 Å². The van der Waals surface area contributed by atoms with E-state index in [2.05, 4.69) is 27.2 Å². The van der Waals surface area contributed by atoms with Gasteiger partial charge in [-0.3, -0.25) is 4.68 Å². The van der Waals surface area contributed by atoms with E-state index in [-0.39, 0.29) is 6.04 Å². The number of fused-ring (bicyclic) bond motifs is 1. The Bertz CT molecular complexity index is 689. The number of benzene rings is 1. The molecule has 0 radical (unpaired) electrons. The summed E-state index contributed by atoms with van der Waals surface area (Å²) in [7, 11) is 1.95. The van der Waals surface area contributed by atoms with Gasteiger partial charge in [0, 0.05) is 42.9 Å². The largest absolute Gasteiger partial charge is 0.324 e. The maximum Gasteiger partial charge on any atom is 0.115 e. The Morgan fingerprint density at radius 3 is 2.74 bits per heavy atom. The van der Waals surface area contributed by atoms with E-state index >= 15 is 0 Å². The Balaban J connectivity index is 1.94. The summed E-state index contributed by atoms with van der Waals surface area (Å²) >= 11 is 0. The fraction of sp³-hybridized carbons (Fsp3) is 0.214. The zero-order valence-electron chi connectivity index (χ0n) is 10.7. The molecule has 0 aliphatic rings. The summed E-state index contributed by atoms with van der Waals surface area (Å²) in [6.07, 6.45) is 5.69. The van der Waals surface area contributed by atoms with Crippen molar-refractivity contribution in [1.82, 2.24) is 19.7 Å². The molecule has 2 aromatic heterocycles. The van der Waals surface area contributed by atoms with Crippen molar-refractivity contribution in [3.05, 3.63) is 54.2 Å². The first-order chi connectivity index (χ1) is 9.25. The highest BCUT2D eigenvalue weighted by atomic mass is 15.3. The van der Waals surface area contributed by atoms with Crippen LogP contribution in [0.1, 0.15) is 17.3 Å². The highest BCUT2D eigenvalue weighted by molar-refractivity contribution is 5.81. The molecule has 5 heteroatoms. The maximum absolute atomic E-state index is 6.20. The van der Waals surface area contributed by atoms with Gasteiger partial charge >= 0.3 is 0 Å². The van der Waals surface area contributed by atoms with Gasteiger partial charge in [-0.1, -0.05) is 18.2 Å². The average Bonchev–Trinajstić information content (AvgIpc) is 2.77. The van der Waals surface area contributed by atoms with Crippen LogP contribution in [0.5, 0.6) is 0 Å². The van der Waals surface area contributed by atoms with Crippen molar-refractivity contribution in [2.24, 2.45) is 12.8 Å². The molecule has 0 saturated heterocycles. The molecule has 2 N–H and O–H groups in total. The van der Waals surface area contributed by atoms with Crippen molar-refractivity contribution in [1.29, 1.82) is 0 Å². The summed E-state index contributed by atoms with van der Waals surface area (Å²) in [5, 5.41) is 5.70. The third kappa shape index (κ3) is 2.20.